The molecule has 176 valence electrons. The van der Waals surface area contributed by atoms with Crippen LogP contribution in [0, 0.1) is 29.0 Å². The molecular formula is C21H19F4N3O5. The number of benzene rings is 1. The van der Waals surface area contributed by atoms with Gasteiger partial charge in [-0.3, -0.25) is 9.69 Å². The van der Waals surface area contributed by atoms with Crippen LogP contribution in [0.4, 0.5) is 28.0 Å². The van der Waals surface area contributed by atoms with Crippen LogP contribution in [-0.2, 0) is 25.2 Å². The number of hydrogen-bond donors (Lipinski definition) is 1. The van der Waals surface area contributed by atoms with E-state index >= 15 is 4.39 Å². The van der Waals surface area contributed by atoms with E-state index in [4.69, 9.17) is 14.7 Å². The van der Waals surface area contributed by atoms with Crippen LogP contribution in [0.2, 0.25) is 0 Å². The minimum atomic E-state index is -5.14. The average molecular weight is 469 g/mol. The highest BCUT2D eigenvalue weighted by Gasteiger charge is 2.78. The molecule has 1 aromatic carbocycles. The molecule has 0 aliphatic carbocycles. The zero-order chi connectivity index (χ0) is 23.9. The Labute approximate surface area is 185 Å². The summed E-state index contributed by atoms with van der Waals surface area (Å²) in [5.74, 6) is -3.82. The fraction of sp³-hybridized carbons (Fsp3) is 0.571. The number of nitriles is 1. The number of rotatable bonds is 2. The van der Waals surface area contributed by atoms with Crippen LogP contribution in [0.3, 0.4) is 0 Å². The van der Waals surface area contributed by atoms with Gasteiger partial charge in [-0.05, 0) is 19.1 Å². The van der Waals surface area contributed by atoms with E-state index in [-0.39, 0.29) is 6.61 Å². The van der Waals surface area contributed by atoms with Gasteiger partial charge in [-0.2, -0.15) is 18.4 Å². The van der Waals surface area contributed by atoms with Crippen molar-refractivity contribution in [1.82, 2.24) is 5.32 Å². The number of carbonyl (C=O) groups is 2. The highest BCUT2D eigenvalue weighted by molar-refractivity contribution is 6.00. The van der Waals surface area contributed by atoms with Crippen LogP contribution in [0.15, 0.2) is 12.1 Å². The van der Waals surface area contributed by atoms with Crippen molar-refractivity contribution >= 4 is 17.7 Å². The quantitative estimate of drug-likeness (QED) is 0.669. The molecule has 0 radical (unpaired) electrons. The summed E-state index contributed by atoms with van der Waals surface area (Å²) >= 11 is 0. The molecule has 1 spiro atoms. The van der Waals surface area contributed by atoms with E-state index in [0.717, 1.165) is 17.0 Å². The number of halogens is 4. The van der Waals surface area contributed by atoms with Crippen molar-refractivity contribution in [1.29, 1.82) is 5.26 Å². The first-order chi connectivity index (χ1) is 15.5. The summed E-state index contributed by atoms with van der Waals surface area (Å²) in [6.45, 7) is 1.78. The Morgan fingerprint density at radius 3 is 2.76 bits per heavy atom. The molecule has 6 atom stereocenters. The predicted octanol–water partition coefficient (Wildman–Crippen LogP) is 2.70. The third-order valence-electron chi connectivity index (χ3n) is 7.39. The number of methoxy groups -OCH3 is 1. The first-order valence-corrected chi connectivity index (χ1v) is 10.3. The SMILES string of the molecule is COC(=O)N[C@@H]1C[C@@]23CCO[C@H]4[C@@H]2[C@H](C(=O)N4c2ccc(C#N)c(C(F)(F)F)c2F)[C@]1(C)O3. The molecule has 4 saturated heterocycles. The first kappa shape index (κ1) is 21.9. The largest absolute Gasteiger partial charge is 0.453 e. The lowest BCUT2D eigenvalue weighted by Crippen LogP contribution is -2.57. The number of amides is 2. The first-order valence-electron chi connectivity index (χ1n) is 10.3. The van der Waals surface area contributed by atoms with E-state index in [0.29, 0.717) is 12.8 Å². The summed E-state index contributed by atoms with van der Waals surface area (Å²) in [4.78, 5) is 26.4. The monoisotopic (exact) mass is 469 g/mol. The molecule has 2 amide bonds. The summed E-state index contributed by atoms with van der Waals surface area (Å²) in [7, 11) is 1.20. The normalized spacial score (nSPS) is 36.5. The molecule has 12 heteroatoms. The topological polar surface area (TPSA) is 101 Å². The van der Waals surface area contributed by atoms with Crippen molar-refractivity contribution in [2.24, 2.45) is 11.8 Å². The highest BCUT2D eigenvalue weighted by atomic mass is 19.4. The van der Waals surface area contributed by atoms with Gasteiger partial charge in [0.05, 0.1) is 54.2 Å². The van der Waals surface area contributed by atoms with E-state index in [1.807, 2.05) is 0 Å². The number of carbonyl (C=O) groups excluding carboxylic acids is 2. The van der Waals surface area contributed by atoms with Crippen LogP contribution in [0.5, 0.6) is 0 Å². The standard InChI is InChI=1S/C21H19F4N3O5/c1-19-11(27-18(30)31-2)7-20(33-19)5-6-32-17-14(20)13(19)16(29)28(17)10-4-3-9(8-26)12(15(10)22)21(23,24)25/h3-4,11,13-14,17H,5-7H2,1-2H3,(H,27,30)/t11-,13-,14+,17+,19-,20+/m1/s1. The number of nitrogens with one attached hydrogen (secondary N) is 1. The zero-order valence-electron chi connectivity index (χ0n) is 17.5. The molecule has 2 bridgehead atoms. The zero-order valence-corrected chi connectivity index (χ0v) is 17.5. The summed E-state index contributed by atoms with van der Waals surface area (Å²) in [5.41, 5.74) is -5.27. The molecular weight excluding hydrogens is 450 g/mol. The molecule has 8 nitrogen and oxygen atoms in total. The lowest BCUT2D eigenvalue weighted by atomic mass is 9.64. The number of alkyl carbamates (subject to hydrolysis) is 1. The Bertz CT molecular complexity index is 1100. The van der Waals surface area contributed by atoms with Crippen LogP contribution in [0.1, 0.15) is 30.9 Å². The minimum Gasteiger partial charge on any atom is -0.453 e. The predicted molar refractivity (Wildman–Crippen MR) is 101 cm³/mol. The lowest BCUT2D eigenvalue weighted by Gasteiger charge is -2.42. The smallest absolute Gasteiger partial charge is 0.420 e. The van der Waals surface area contributed by atoms with Gasteiger partial charge in [0.1, 0.15) is 11.8 Å². The molecule has 5 rings (SSSR count). The van der Waals surface area contributed by atoms with Gasteiger partial charge in [0.15, 0.2) is 5.82 Å². The Kier molecular flexibility index (Phi) is 4.52. The van der Waals surface area contributed by atoms with Crippen LogP contribution in [-0.4, -0.2) is 49.2 Å². The number of anilines is 1. The summed E-state index contributed by atoms with van der Waals surface area (Å²) in [5, 5.41) is 11.7. The second-order valence-electron chi connectivity index (χ2n) is 8.90. The van der Waals surface area contributed by atoms with Gasteiger partial charge in [0.25, 0.3) is 0 Å². The van der Waals surface area contributed by atoms with Gasteiger partial charge in [-0.25, -0.2) is 9.18 Å². The second-order valence-corrected chi connectivity index (χ2v) is 8.90. The molecule has 0 saturated carbocycles. The van der Waals surface area contributed by atoms with Crippen LogP contribution in [0.25, 0.3) is 0 Å². The molecule has 0 unspecified atom stereocenters. The Morgan fingerprint density at radius 2 is 2.12 bits per heavy atom. The van der Waals surface area contributed by atoms with Crippen molar-refractivity contribution in [2.75, 3.05) is 18.6 Å². The second kappa shape index (κ2) is 6.80. The highest BCUT2D eigenvalue weighted by Crippen LogP contribution is 2.65. The molecule has 1 N–H and O–H groups in total. The van der Waals surface area contributed by atoms with Crippen molar-refractivity contribution in [2.45, 2.75) is 49.4 Å². The maximum atomic E-state index is 15.2. The van der Waals surface area contributed by atoms with Gasteiger partial charge in [0, 0.05) is 18.8 Å². The fourth-order valence-electron chi connectivity index (χ4n) is 6.13. The van der Waals surface area contributed by atoms with E-state index < -0.39 is 76.1 Å². The van der Waals surface area contributed by atoms with Gasteiger partial charge in [-0.1, -0.05) is 0 Å². The van der Waals surface area contributed by atoms with Gasteiger partial charge in [0.2, 0.25) is 5.91 Å². The number of ether oxygens (including phenoxy) is 3. The summed E-state index contributed by atoms with van der Waals surface area (Å²) in [6.07, 6.45) is -6.12. The lowest BCUT2D eigenvalue weighted by molar-refractivity contribution is -0.142. The third-order valence-corrected chi connectivity index (χ3v) is 7.39. The number of alkyl halides is 3. The molecule has 1 aromatic rings. The maximum Gasteiger partial charge on any atom is 0.420 e. The molecule has 4 heterocycles. The van der Waals surface area contributed by atoms with Gasteiger partial charge >= 0.3 is 12.3 Å². The van der Waals surface area contributed by atoms with Crippen LogP contribution < -0.4 is 10.2 Å². The van der Waals surface area contributed by atoms with Crippen molar-refractivity contribution < 1.29 is 41.4 Å². The number of hydrogen-bond acceptors (Lipinski definition) is 6. The molecule has 33 heavy (non-hydrogen) atoms. The minimum absolute atomic E-state index is 0.128. The molecule has 4 aliphatic heterocycles. The molecule has 0 aromatic heterocycles. The Morgan fingerprint density at radius 1 is 1.39 bits per heavy atom. The Balaban J connectivity index is 1.60. The average Bonchev–Trinajstić information content (AvgIpc) is 3.30. The van der Waals surface area contributed by atoms with Gasteiger partial charge in [-0.15, -0.1) is 0 Å². The van der Waals surface area contributed by atoms with Crippen molar-refractivity contribution in [3.8, 4) is 6.07 Å². The maximum absolute atomic E-state index is 15.2. The van der Waals surface area contributed by atoms with Gasteiger partial charge < -0.3 is 19.5 Å². The summed E-state index contributed by atoms with van der Waals surface area (Å²) in [6, 6.07) is 2.59. The third kappa shape index (κ3) is 2.75. The van der Waals surface area contributed by atoms with Crippen LogP contribution >= 0.6 is 0 Å². The van der Waals surface area contributed by atoms with Crippen molar-refractivity contribution in [3.05, 3.63) is 29.1 Å². The summed E-state index contributed by atoms with van der Waals surface area (Å²) < 4.78 is 72.6. The number of fused-ring (bicyclic) bond motifs is 2. The van der Waals surface area contributed by atoms with E-state index in [2.05, 4.69) is 10.1 Å². The van der Waals surface area contributed by atoms with E-state index in [1.165, 1.54) is 13.2 Å². The number of nitrogens with zero attached hydrogens (tertiary/aromatic N) is 2. The molecule has 4 fully saturated rings. The van der Waals surface area contributed by atoms with E-state index in [1.54, 1.807) is 6.92 Å². The van der Waals surface area contributed by atoms with E-state index in [9.17, 15) is 22.8 Å². The Hall–Kier alpha value is -2.91. The molecule has 4 aliphatic rings. The van der Waals surface area contributed by atoms with Crippen molar-refractivity contribution in [3.63, 3.8) is 0 Å². The fourth-order valence-corrected chi connectivity index (χ4v) is 6.13.